The third-order valence-electron chi connectivity index (χ3n) is 2.43. The zero-order valence-electron chi connectivity index (χ0n) is 9.51. The monoisotopic (exact) mass is 187 g/mol. The number of aliphatic hydroxyl groups excluding tert-OH is 1. The molecule has 80 valence electrons. The van der Waals surface area contributed by atoms with Crippen molar-refractivity contribution >= 4 is 0 Å². The first-order chi connectivity index (χ1) is 6.13. The molecule has 2 heteroatoms. The molecule has 0 amide bonds. The normalized spacial score (nSPS) is 14.1. The van der Waals surface area contributed by atoms with Crippen LogP contribution in [0, 0.1) is 5.92 Å². The first-order valence-corrected chi connectivity index (χ1v) is 5.50. The highest BCUT2D eigenvalue weighted by Gasteiger charge is 2.12. The quantitative estimate of drug-likeness (QED) is 0.640. The summed E-state index contributed by atoms with van der Waals surface area (Å²) >= 11 is 0. The van der Waals surface area contributed by atoms with Crippen LogP contribution in [0.3, 0.4) is 0 Å². The van der Waals surface area contributed by atoms with Crippen molar-refractivity contribution in [1.82, 2.24) is 5.32 Å². The Morgan fingerprint density at radius 1 is 1.08 bits per heavy atom. The van der Waals surface area contributed by atoms with Gasteiger partial charge in [-0.15, -0.1) is 0 Å². The molecule has 0 fully saturated rings. The lowest BCUT2D eigenvalue weighted by Gasteiger charge is -2.24. The zero-order chi connectivity index (χ0) is 10.3. The summed E-state index contributed by atoms with van der Waals surface area (Å²) in [5, 5.41) is 12.6. The Kier molecular flexibility index (Phi) is 7.29. The maximum atomic E-state index is 9.15. The molecule has 0 heterocycles. The Hall–Kier alpha value is -0.0800. The van der Waals surface area contributed by atoms with Crippen molar-refractivity contribution < 1.29 is 5.11 Å². The summed E-state index contributed by atoms with van der Waals surface area (Å²) in [5.41, 5.74) is 0. The van der Waals surface area contributed by atoms with E-state index in [-0.39, 0.29) is 12.6 Å². The molecule has 0 rings (SSSR count). The van der Waals surface area contributed by atoms with E-state index in [9.17, 15) is 0 Å². The Labute approximate surface area is 82.7 Å². The van der Waals surface area contributed by atoms with E-state index in [0.717, 1.165) is 19.3 Å². The SMILES string of the molecule is CCC(CC)N[C@@H](CO)CC(C)C. The summed E-state index contributed by atoms with van der Waals surface area (Å²) in [4.78, 5) is 0. The van der Waals surface area contributed by atoms with Crippen molar-refractivity contribution in [3.63, 3.8) is 0 Å². The minimum absolute atomic E-state index is 0.259. The summed E-state index contributed by atoms with van der Waals surface area (Å²) in [5.74, 6) is 0.652. The van der Waals surface area contributed by atoms with Crippen molar-refractivity contribution in [3.8, 4) is 0 Å². The third kappa shape index (κ3) is 6.05. The average molecular weight is 187 g/mol. The number of hydrogen-bond donors (Lipinski definition) is 2. The maximum Gasteiger partial charge on any atom is 0.0584 e. The summed E-state index contributed by atoms with van der Waals surface area (Å²) < 4.78 is 0. The topological polar surface area (TPSA) is 32.3 Å². The lowest BCUT2D eigenvalue weighted by atomic mass is 10.0. The van der Waals surface area contributed by atoms with Crippen LogP contribution >= 0.6 is 0 Å². The van der Waals surface area contributed by atoms with Crippen LogP contribution < -0.4 is 5.32 Å². The standard InChI is InChI=1S/C11H25NO/c1-5-10(6-2)12-11(8-13)7-9(3)4/h9-13H,5-8H2,1-4H3/t11-/m1/s1. The van der Waals surface area contributed by atoms with Crippen molar-refractivity contribution in [2.75, 3.05) is 6.61 Å². The predicted molar refractivity (Wildman–Crippen MR) is 57.8 cm³/mol. The second-order valence-electron chi connectivity index (χ2n) is 4.19. The molecule has 0 aromatic heterocycles. The first-order valence-electron chi connectivity index (χ1n) is 5.50. The largest absolute Gasteiger partial charge is 0.395 e. The smallest absolute Gasteiger partial charge is 0.0584 e. The molecule has 0 saturated heterocycles. The van der Waals surface area contributed by atoms with Crippen LogP contribution in [0.15, 0.2) is 0 Å². The Bertz CT molecular complexity index is 111. The third-order valence-corrected chi connectivity index (χ3v) is 2.43. The van der Waals surface area contributed by atoms with Crippen LogP contribution in [-0.2, 0) is 0 Å². The van der Waals surface area contributed by atoms with E-state index < -0.39 is 0 Å². The fraction of sp³-hybridized carbons (Fsp3) is 1.00. The molecule has 13 heavy (non-hydrogen) atoms. The fourth-order valence-electron chi connectivity index (χ4n) is 1.62. The molecule has 0 unspecified atom stereocenters. The highest BCUT2D eigenvalue weighted by Crippen LogP contribution is 2.07. The molecule has 0 aromatic rings. The highest BCUT2D eigenvalue weighted by molar-refractivity contribution is 4.72. The van der Waals surface area contributed by atoms with E-state index in [0.29, 0.717) is 12.0 Å². The van der Waals surface area contributed by atoms with Gasteiger partial charge in [0.1, 0.15) is 0 Å². The van der Waals surface area contributed by atoms with Crippen molar-refractivity contribution in [2.45, 2.75) is 59.0 Å². The van der Waals surface area contributed by atoms with Gasteiger partial charge in [0.05, 0.1) is 6.61 Å². The Morgan fingerprint density at radius 2 is 1.62 bits per heavy atom. The fourth-order valence-corrected chi connectivity index (χ4v) is 1.62. The molecule has 2 nitrogen and oxygen atoms in total. The average Bonchev–Trinajstić information content (AvgIpc) is 2.11. The van der Waals surface area contributed by atoms with Gasteiger partial charge in [0.15, 0.2) is 0 Å². The van der Waals surface area contributed by atoms with Gasteiger partial charge < -0.3 is 10.4 Å². The lowest BCUT2D eigenvalue weighted by Crippen LogP contribution is -2.40. The number of hydrogen-bond acceptors (Lipinski definition) is 2. The van der Waals surface area contributed by atoms with Gasteiger partial charge in [0.2, 0.25) is 0 Å². The van der Waals surface area contributed by atoms with Crippen LogP contribution in [0.4, 0.5) is 0 Å². The Morgan fingerprint density at radius 3 is 1.92 bits per heavy atom. The van der Waals surface area contributed by atoms with E-state index in [4.69, 9.17) is 5.11 Å². The van der Waals surface area contributed by atoms with Crippen LogP contribution in [0.25, 0.3) is 0 Å². The molecular formula is C11H25NO. The molecular weight excluding hydrogens is 162 g/mol. The number of nitrogens with one attached hydrogen (secondary N) is 1. The maximum absolute atomic E-state index is 9.15. The van der Waals surface area contributed by atoms with Gasteiger partial charge in [-0.2, -0.15) is 0 Å². The van der Waals surface area contributed by atoms with E-state index in [1.54, 1.807) is 0 Å². The Balaban J connectivity index is 3.80. The summed E-state index contributed by atoms with van der Waals surface area (Å²) in [7, 11) is 0. The van der Waals surface area contributed by atoms with Crippen molar-refractivity contribution in [1.29, 1.82) is 0 Å². The molecule has 0 radical (unpaired) electrons. The summed E-state index contributed by atoms with van der Waals surface area (Å²) in [6.45, 7) is 9.01. The van der Waals surface area contributed by atoms with Crippen LogP contribution in [0.2, 0.25) is 0 Å². The molecule has 2 N–H and O–H groups in total. The molecule has 0 aromatic carbocycles. The van der Waals surface area contributed by atoms with Gasteiger partial charge in [0, 0.05) is 12.1 Å². The molecule has 0 aliphatic heterocycles. The number of rotatable bonds is 7. The number of aliphatic hydroxyl groups is 1. The van der Waals surface area contributed by atoms with E-state index in [2.05, 4.69) is 33.0 Å². The van der Waals surface area contributed by atoms with Gasteiger partial charge in [-0.3, -0.25) is 0 Å². The summed E-state index contributed by atoms with van der Waals surface area (Å²) in [6.07, 6.45) is 3.35. The van der Waals surface area contributed by atoms with E-state index >= 15 is 0 Å². The first kappa shape index (κ1) is 12.9. The second-order valence-corrected chi connectivity index (χ2v) is 4.19. The molecule has 0 aliphatic carbocycles. The molecule has 0 aliphatic rings. The molecule has 1 atom stereocenters. The predicted octanol–water partition coefficient (Wildman–Crippen LogP) is 2.17. The van der Waals surface area contributed by atoms with Gasteiger partial charge in [0.25, 0.3) is 0 Å². The van der Waals surface area contributed by atoms with E-state index in [1.165, 1.54) is 0 Å². The van der Waals surface area contributed by atoms with Crippen LogP contribution in [0.5, 0.6) is 0 Å². The molecule has 0 saturated carbocycles. The molecule has 0 bridgehead atoms. The van der Waals surface area contributed by atoms with Gasteiger partial charge >= 0.3 is 0 Å². The zero-order valence-corrected chi connectivity index (χ0v) is 9.51. The van der Waals surface area contributed by atoms with E-state index in [1.807, 2.05) is 0 Å². The minimum Gasteiger partial charge on any atom is -0.395 e. The van der Waals surface area contributed by atoms with Gasteiger partial charge in [-0.1, -0.05) is 27.7 Å². The van der Waals surface area contributed by atoms with Crippen molar-refractivity contribution in [3.05, 3.63) is 0 Å². The summed E-state index contributed by atoms with van der Waals surface area (Å²) in [6, 6.07) is 0.848. The van der Waals surface area contributed by atoms with Crippen LogP contribution in [0.1, 0.15) is 47.0 Å². The van der Waals surface area contributed by atoms with Gasteiger partial charge in [-0.25, -0.2) is 0 Å². The highest BCUT2D eigenvalue weighted by atomic mass is 16.3. The second kappa shape index (κ2) is 7.34. The van der Waals surface area contributed by atoms with Crippen LogP contribution in [-0.4, -0.2) is 23.8 Å². The minimum atomic E-state index is 0.259. The lowest BCUT2D eigenvalue weighted by molar-refractivity contribution is 0.210. The van der Waals surface area contributed by atoms with Gasteiger partial charge in [-0.05, 0) is 25.2 Å². The molecule has 0 spiro atoms. The van der Waals surface area contributed by atoms with Crippen molar-refractivity contribution in [2.24, 2.45) is 5.92 Å².